The van der Waals surface area contributed by atoms with Crippen molar-refractivity contribution in [2.75, 3.05) is 13.1 Å². The fourth-order valence-corrected chi connectivity index (χ4v) is 3.92. The molecule has 0 bridgehead atoms. The zero-order chi connectivity index (χ0) is 15.4. The molecule has 2 saturated heterocycles. The first-order chi connectivity index (χ1) is 10.7. The van der Waals surface area contributed by atoms with Gasteiger partial charge in [0.15, 0.2) is 0 Å². The molecule has 22 heavy (non-hydrogen) atoms. The topological polar surface area (TPSA) is 36.3 Å². The maximum absolute atomic E-state index is 8.73. The highest BCUT2D eigenvalue weighted by Gasteiger charge is 2.42. The molecule has 0 radical (unpaired) electrons. The van der Waals surface area contributed by atoms with Gasteiger partial charge in [-0.25, -0.2) is 0 Å². The van der Waals surface area contributed by atoms with Crippen LogP contribution in [0.1, 0.15) is 44.1 Å². The van der Waals surface area contributed by atoms with Crippen molar-refractivity contribution >= 4 is 11.6 Å². The average Bonchev–Trinajstić information content (AvgIpc) is 2.90. The Kier molecular flexibility index (Phi) is 5.03. The number of likely N-dealkylation sites (tertiary alicyclic amines) is 1. The van der Waals surface area contributed by atoms with Crippen molar-refractivity contribution in [3.63, 3.8) is 0 Å². The molecular formula is C18H23ClN2O. The van der Waals surface area contributed by atoms with E-state index in [-0.39, 0.29) is 11.7 Å². The van der Waals surface area contributed by atoms with Gasteiger partial charge in [-0.2, -0.15) is 5.26 Å². The quantitative estimate of drug-likeness (QED) is 0.836. The van der Waals surface area contributed by atoms with E-state index < -0.39 is 0 Å². The summed E-state index contributed by atoms with van der Waals surface area (Å²) < 4.78 is 6.37. The second-order valence-corrected chi connectivity index (χ2v) is 7.04. The first kappa shape index (κ1) is 15.8. The van der Waals surface area contributed by atoms with Gasteiger partial charge in [0.2, 0.25) is 0 Å². The van der Waals surface area contributed by atoms with E-state index in [0.717, 1.165) is 50.3 Å². The normalized spacial score (nSPS) is 28.8. The standard InChI is InChI=1S/C18H23ClN2O/c19-16-6-4-15(5-7-16)13-21-12-2-9-18(14-21)10-8-17(22-18)3-1-11-20/h4-7,17H,1-3,8-10,12-14H2/t17-,18+/m1/s1. The van der Waals surface area contributed by atoms with Crippen LogP contribution in [-0.2, 0) is 11.3 Å². The summed E-state index contributed by atoms with van der Waals surface area (Å²) in [5, 5.41) is 9.52. The van der Waals surface area contributed by atoms with Gasteiger partial charge in [0.1, 0.15) is 0 Å². The van der Waals surface area contributed by atoms with E-state index in [0.29, 0.717) is 6.42 Å². The summed E-state index contributed by atoms with van der Waals surface area (Å²) >= 11 is 5.95. The molecule has 0 saturated carbocycles. The third kappa shape index (κ3) is 3.81. The lowest BCUT2D eigenvalue weighted by Crippen LogP contribution is -2.47. The highest BCUT2D eigenvalue weighted by Crippen LogP contribution is 2.39. The lowest BCUT2D eigenvalue weighted by Gasteiger charge is -2.40. The van der Waals surface area contributed by atoms with Crippen LogP contribution in [0.25, 0.3) is 0 Å². The summed E-state index contributed by atoms with van der Waals surface area (Å²) in [5.74, 6) is 0. The minimum Gasteiger partial charge on any atom is -0.370 e. The Morgan fingerprint density at radius 1 is 1.32 bits per heavy atom. The molecule has 1 spiro atoms. The van der Waals surface area contributed by atoms with Crippen LogP contribution in [0.2, 0.25) is 5.02 Å². The van der Waals surface area contributed by atoms with Crippen molar-refractivity contribution in [3.8, 4) is 6.07 Å². The molecule has 0 aliphatic carbocycles. The van der Waals surface area contributed by atoms with Crippen LogP contribution in [0.5, 0.6) is 0 Å². The summed E-state index contributed by atoms with van der Waals surface area (Å²) in [7, 11) is 0. The Morgan fingerprint density at radius 3 is 2.91 bits per heavy atom. The van der Waals surface area contributed by atoms with Gasteiger partial charge in [0.25, 0.3) is 0 Å². The first-order valence-electron chi connectivity index (χ1n) is 8.21. The molecule has 118 valence electrons. The second-order valence-electron chi connectivity index (χ2n) is 6.60. The number of rotatable bonds is 4. The number of nitriles is 1. The van der Waals surface area contributed by atoms with Gasteiger partial charge in [-0.15, -0.1) is 0 Å². The van der Waals surface area contributed by atoms with Crippen molar-refractivity contribution in [1.82, 2.24) is 4.90 Å². The molecule has 2 aliphatic heterocycles. The third-order valence-corrected chi connectivity index (χ3v) is 5.11. The van der Waals surface area contributed by atoms with E-state index in [1.54, 1.807) is 0 Å². The first-order valence-corrected chi connectivity index (χ1v) is 8.58. The number of hydrogen-bond donors (Lipinski definition) is 0. The minimum atomic E-state index is 0.0325. The minimum absolute atomic E-state index is 0.0325. The van der Waals surface area contributed by atoms with E-state index in [4.69, 9.17) is 21.6 Å². The van der Waals surface area contributed by atoms with Gasteiger partial charge < -0.3 is 4.74 Å². The van der Waals surface area contributed by atoms with Crippen LogP contribution < -0.4 is 0 Å². The van der Waals surface area contributed by atoms with E-state index in [1.165, 1.54) is 12.0 Å². The van der Waals surface area contributed by atoms with Crippen LogP contribution in [0.15, 0.2) is 24.3 Å². The summed E-state index contributed by atoms with van der Waals surface area (Å²) in [6.45, 7) is 3.11. The third-order valence-electron chi connectivity index (χ3n) is 4.85. The molecule has 0 aromatic heterocycles. The van der Waals surface area contributed by atoms with Crippen molar-refractivity contribution in [2.24, 2.45) is 0 Å². The predicted octanol–water partition coefficient (Wildman–Crippen LogP) is 4.16. The van der Waals surface area contributed by atoms with Crippen molar-refractivity contribution < 1.29 is 4.74 Å². The van der Waals surface area contributed by atoms with Crippen molar-refractivity contribution in [2.45, 2.75) is 56.8 Å². The maximum Gasteiger partial charge on any atom is 0.0814 e. The Morgan fingerprint density at radius 2 is 2.14 bits per heavy atom. The highest BCUT2D eigenvalue weighted by atomic mass is 35.5. The summed E-state index contributed by atoms with van der Waals surface area (Å²) in [4.78, 5) is 2.50. The van der Waals surface area contributed by atoms with E-state index in [2.05, 4.69) is 23.1 Å². The Bertz CT molecular complexity index is 539. The van der Waals surface area contributed by atoms with E-state index in [9.17, 15) is 0 Å². The SMILES string of the molecule is N#CCC[C@@H]1CC[C@]2(CCCN(Cc3ccc(Cl)cc3)C2)O1. The fraction of sp³-hybridized carbons (Fsp3) is 0.611. The molecule has 0 unspecified atom stereocenters. The van der Waals surface area contributed by atoms with Gasteiger partial charge in [-0.3, -0.25) is 4.90 Å². The number of benzene rings is 1. The van der Waals surface area contributed by atoms with Crippen LogP contribution in [0, 0.1) is 11.3 Å². The average molecular weight is 319 g/mol. The molecule has 2 heterocycles. The predicted molar refractivity (Wildman–Crippen MR) is 87.6 cm³/mol. The van der Waals surface area contributed by atoms with Crippen LogP contribution in [-0.4, -0.2) is 29.7 Å². The highest BCUT2D eigenvalue weighted by molar-refractivity contribution is 6.30. The molecule has 0 N–H and O–H groups in total. The van der Waals surface area contributed by atoms with Gasteiger partial charge >= 0.3 is 0 Å². The zero-order valence-electron chi connectivity index (χ0n) is 12.9. The van der Waals surface area contributed by atoms with Gasteiger partial charge in [0.05, 0.1) is 17.8 Å². The Balaban J connectivity index is 1.57. The molecule has 4 heteroatoms. The van der Waals surface area contributed by atoms with Crippen molar-refractivity contribution in [3.05, 3.63) is 34.9 Å². The molecule has 0 amide bonds. The molecule has 2 atom stereocenters. The second kappa shape index (κ2) is 7.00. The molecule has 2 aliphatic rings. The fourth-order valence-electron chi connectivity index (χ4n) is 3.80. The Labute approximate surface area is 137 Å². The number of ether oxygens (including phenoxy) is 1. The number of piperidine rings is 1. The van der Waals surface area contributed by atoms with Gasteiger partial charge in [-0.1, -0.05) is 23.7 Å². The molecule has 3 rings (SSSR count). The van der Waals surface area contributed by atoms with E-state index >= 15 is 0 Å². The number of nitrogens with zero attached hydrogens (tertiary/aromatic N) is 2. The maximum atomic E-state index is 8.73. The van der Waals surface area contributed by atoms with Crippen molar-refractivity contribution in [1.29, 1.82) is 5.26 Å². The monoisotopic (exact) mass is 318 g/mol. The van der Waals surface area contributed by atoms with Crippen LogP contribution >= 0.6 is 11.6 Å². The summed E-state index contributed by atoms with van der Waals surface area (Å²) in [6, 6.07) is 10.4. The molecule has 2 fully saturated rings. The van der Waals surface area contributed by atoms with Crippen LogP contribution in [0.4, 0.5) is 0 Å². The lowest BCUT2D eigenvalue weighted by molar-refractivity contribution is -0.0858. The number of halogens is 1. The lowest BCUT2D eigenvalue weighted by atomic mass is 9.89. The Hall–Kier alpha value is -1.08. The van der Waals surface area contributed by atoms with Gasteiger partial charge in [-0.05, 0) is 56.3 Å². The largest absolute Gasteiger partial charge is 0.370 e. The zero-order valence-corrected chi connectivity index (χ0v) is 13.7. The molecular weight excluding hydrogens is 296 g/mol. The molecule has 1 aromatic carbocycles. The summed E-state index contributed by atoms with van der Waals surface area (Å²) in [5.41, 5.74) is 1.34. The van der Waals surface area contributed by atoms with Crippen LogP contribution in [0.3, 0.4) is 0 Å². The molecule has 1 aromatic rings. The molecule has 3 nitrogen and oxygen atoms in total. The summed E-state index contributed by atoms with van der Waals surface area (Å²) in [6.07, 6.45) is 6.38. The number of hydrogen-bond acceptors (Lipinski definition) is 3. The smallest absolute Gasteiger partial charge is 0.0814 e. The van der Waals surface area contributed by atoms with Gasteiger partial charge in [0, 0.05) is 24.5 Å². The van der Waals surface area contributed by atoms with E-state index in [1.807, 2.05) is 12.1 Å².